The van der Waals surface area contributed by atoms with Crippen LogP contribution < -0.4 is 4.74 Å². The fraction of sp³-hybridized carbons (Fsp3) is 0.118. The summed E-state index contributed by atoms with van der Waals surface area (Å²) in [4.78, 5) is 13.5. The number of carbonyl (C=O) groups is 1. The van der Waals surface area contributed by atoms with Crippen LogP contribution in [0.2, 0.25) is 0 Å². The molecule has 0 saturated carbocycles. The van der Waals surface area contributed by atoms with Gasteiger partial charge in [0, 0.05) is 10.9 Å². The van der Waals surface area contributed by atoms with Crippen molar-refractivity contribution in [1.29, 1.82) is 0 Å². The Labute approximate surface area is 121 Å². The summed E-state index contributed by atoms with van der Waals surface area (Å²) in [7, 11) is 1.65. The summed E-state index contributed by atoms with van der Waals surface area (Å²) in [5.74, 6) is 0.872. The van der Waals surface area contributed by atoms with Gasteiger partial charge in [0.1, 0.15) is 5.75 Å². The van der Waals surface area contributed by atoms with Crippen LogP contribution in [-0.4, -0.2) is 12.9 Å². The van der Waals surface area contributed by atoms with Gasteiger partial charge in [0.15, 0.2) is 0 Å². The zero-order chi connectivity index (χ0) is 14.1. The summed E-state index contributed by atoms with van der Waals surface area (Å²) in [6.07, 6.45) is 0. The minimum atomic E-state index is 0.0800. The summed E-state index contributed by atoms with van der Waals surface area (Å²) in [5, 5.41) is 3.86. The number of carbonyl (C=O) groups excluding carboxylic acids is 1. The van der Waals surface area contributed by atoms with Crippen LogP contribution in [0.3, 0.4) is 0 Å². The van der Waals surface area contributed by atoms with Gasteiger partial charge < -0.3 is 4.74 Å². The van der Waals surface area contributed by atoms with E-state index in [1.807, 2.05) is 54.8 Å². The molecule has 0 spiro atoms. The summed E-state index contributed by atoms with van der Waals surface area (Å²) >= 11 is 1.49. The maximum Gasteiger partial charge on any atom is 0.203 e. The molecule has 0 aliphatic heterocycles. The van der Waals surface area contributed by atoms with Crippen molar-refractivity contribution < 1.29 is 9.53 Å². The smallest absolute Gasteiger partial charge is 0.203 e. The first kappa shape index (κ1) is 12.9. The largest absolute Gasteiger partial charge is 0.496 e. The third kappa shape index (κ3) is 2.00. The fourth-order valence-corrected chi connectivity index (χ4v) is 3.25. The number of ketones is 1. The van der Waals surface area contributed by atoms with E-state index in [2.05, 4.69) is 0 Å². The Hall–Kier alpha value is -2.13. The second kappa shape index (κ2) is 5.10. The molecule has 3 aromatic rings. The molecule has 0 atom stereocenters. The number of aryl methyl sites for hydroxylation is 1. The molecule has 0 bridgehead atoms. The molecule has 0 radical (unpaired) electrons. The van der Waals surface area contributed by atoms with E-state index in [-0.39, 0.29) is 5.78 Å². The van der Waals surface area contributed by atoms with Crippen molar-refractivity contribution in [3.63, 3.8) is 0 Å². The van der Waals surface area contributed by atoms with Crippen molar-refractivity contribution >= 4 is 27.9 Å². The van der Waals surface area contributed by atoms with E-state index in [0.29, 0.717) is 0 Å². The number of methoxy groups -OCH3 is 1. The highest BCUT2D eigenvalue weighted by Crippen LogP contribution is 2.31. The van der Waals surface area contributed by atoms with Gasteiger partial charge in [-0.1, -0.05) is 24.3 Å². The average Bonchev–Trinajstić information content (AvgIpc) is 2.91. The van der Waals surface area contributed by atoms with E-state index < -0.39 is 0 Å². The van der Waals surface area contributed by atoms with E-state index >= 15 is 0 Å². The topological polar surface area (TPSA) is 26.3 Å². The van der Waals surface area contributed by atoms with Crippen LogP contribution >= 0.6 is 11.3 Å². The third-order valence-electron chi connectivity index (χ3n) is 3.42. The third-order valence-corrected chi connectivity index (χ3v) is 4.43. The second-order valence-electron chi connectivity index (χ2n) is 4.62. The van der Waals surface area contributed by atoms with Gasteiger partial charge in [-0.15, -0.1) is 11.3 Å². The van der Waals surface area contributed by atoms with Crippen LogP contribution in [0.15, 0.2) is 47.8 Å². The number of ether oxygens (including phenoxy) is 1. The summed E-state index contributed by atoms with van der Waals surface area (Å²) < 4.78 is 5.37. The zero-order valence-corrected chi connectivity index (χ0v) is 12.2. The molecule has 0 aliphatic carbocycles. The minimum absolute atomic E-state index is 0.0800. The maximum atomic E-state index is 12.7. The summed E-state index contributed by atoms with van der Waals surface area (Å²) in [6, 6.07) is 13.5. The number of benzene rings is 2. The van der Waals surface area contributed by atoms with Gasteiger partial charge in [-0.25, -0.2) is 0 Å². The SMILES string of the molecule is COc1ccc(C(=O)c2sccc2C)c2ccccc12. The number of thiophene rings is 1. The fourth-order valence-electron chi connectivity index (χ4n) is 2.38. The molecule has 1 aromatic heterocycles. The lowest BCUT2D eigenvalue weighted by Gasteiger charge is -2.09. The average molecular weight is 282 g/mol. The molecule has 0 saturated heterocycles. The van der Waals surface area contributed by atoms with Crippen LogP contribution in [0.4, 0.5) is 0 Å². The molecule has 100 valence electrons. The maximum absolute atomic E-state index is 12.7. The Morgan fingerprint density at radius 1 is 1.05 bits per heavy atom. The van der Waals surface area contributed by atoms with Crippen molar-refractivity contribution in [2.45, 2.75) is 6.92 Å². The molecule has 3 rings (SSSR count). The lowest BCUT2D eigenvalue weighted by atomic mass is 9.99. The Balaban J connectivity index is 2.23. The molecular formula is C17H14O2S. The molecule has 0 N–H and O–H groups in total. The molecular weight excluding hydrogens is 268 g/mol. The van der Waals surface area contributed by atoms with E-state index in [1.54, 1.807) is 7.11 Å². The first-order chi connectivity index (χ1) is 9.72. The van der Waals surface area contributed by atoms with E-state index in [1.165, 1.54) is 11.3 Å². The Kier molecular flexibility index (Phi) is 3.28. The van der Waals surface area contributed by atoms with Crippen molar-refractivity contribution in [3.05, 3.63) is 63.8 Å². The monoisotopic (exact) mass is 282 g/mol. The summed E-state index contributed by atoms with van der Waals surface area (Å²) in [5.41, 5.74) is 1.76. The van der Waals surface area contributed by atoms with Gasteiger partial charge in [0.2, 0.25) is 5.78 Å². The number of hydrogen-bond acceptors (Lipinski definition) is 3. The van der Waals surface area contributed by atoms with Gasteiger partial charge >= 0.3 is 0 Å². The van der Waals surface area contributed by atoms with Crippen LogP contribution in [0.5, 0.6) is 5.75 Å². The molecule has 3 heteroatoms. The Morgan fingerprint density at radius 3 is 2.45 bits per heavy atom. The molecule has 0 amide bonds. The number of fused-ring (bicyclic) bond motifs is 1. The lowest BCUT2D eigenvalue weighted by Crippen LogP contribution is -2.02. The van der Waals surface area contributed by atoms with Crippen LogP contribution in [0.25, 0.3) is 10.8 Å². The van der Waals surface area contributed by atoms with Crippen molar-refractivity contribution in [1.82, 2.24) is 0 Å². The van der Waals surface area contributed by atoms with Crippen LogP contribution in [0.1, 0.15) is 20.8 Å². The van der Waals surface area contributed by atoms with Crippen LogP contribution in [0, 0.1) is 6.92 Å². The number of rotatable bonds is 3. The Bertz CT molecular complexity index is 787. The molecule has 0 fully saturated rings. The molecule has 1 heterocycles. The highest BCUT2D eigenvalue weighted by molar-refractivity contribution is 7.12. The normalized spacial score (nSPS) is 10.7. The van der Waals surface area contributed by atoms with E-state index in [9.17, 15) is 4.79 Å². The van der Waals surface area contributed by atoms with E-state index in [0.717, 1.165) is 32.5 Å². The quantitative estimate of drug-likeness (QED) is 0.663. The highest BCUT2D eigenvalue weighted by atomic mass is 32.1. The first-order valence-corrected chi connectivity index (χ1v) is 7.25. The molecule has 0 aliphatic rings. The van der Waals surface area contributed by atoms with Gasteiger partial charge in [0.05, 0.1) is 12.0 Å². The predicted octanol–water partition coefficient (Wildman–Crippen LogP) is 4.45. The Morgan fingerprint density at radius 2 is 1.80 bits per heavy atom. The standard InChI is InChI=1S/C17H14O2S/c1-11-9-10-20-17(11)16(18)14-7-8-15(19-2)13-6-4-3-5-12(13)14/h3-10H,1-2H3. The molecule has 2 aromatic carbocycles. The van der Waals surface area contributed by atoms with Gasteiger partial charge in [0.25, 0.3) is 0 Å². The van der Waals surface area contributed by atoms with Crippen molar-refractivity contribution in [3.8, 4) is 5.75 Å². The second-order valence-corrected chi connectivity index (χ2v) is 5.54. The lowest BCUT2D eigenvalue weighted by molar-refractivity contribution is 0.104. The van der Waals surface area contributed by atoms with Crippen molar-refractivity contribution in [2.75, 3.05) is 7.11 Å². The number of hydrogen-bond donors (Lipinski definition) is 0. The molecule has 20 heavy (non-hydrogen) atoms. The minimum Gasteiger partial charge on any atom is -0.496 e. The molecule has 0 unspecified atom stereocenters. The van der Waals surface area contributed by atoms with Crippen LogP contribution in [-0.2, 0) is 0 Å². The first-order valence-electron chi connectivity index (χ1n) is 6.37. The van der Waals surface area contributed by atoms with Gasteiger partial charge in [-0.2, -0.15) is 0 Å². The van der Waals surface area contributed by atoms with Crippen molar-refractivity contribution in [2.24, 2.45) is 0 Å². The van der Waals surface area contributed by atoms with Gasteiger partial charge in [-0.3, -0.25) is 4.79 Å². The highest BCUT2D eigenvalue weighted by Gasteiger charge is 2.17. The molecule has 2 nitrogen and oxygen atoms in total. The van der Waals surface area contributed by atoms with Gasteiger partial charge in [-0.05, 0) is 41.5 Å². The zero-order valence-electron chi connectivity index (χ0n) is 11.3. The predicted molar refractivity (Wildman–Crippen MR) is 83.0 cm³/mol. The summed E-state index contributed by atoms with van der Waals surface area (Å²) in [6.45, 7) is 1.97. The van der Waals surface area contributed by atoms with E-state index in [4.69, 9.17) is 4.74 Å².